The molecule has 0 saturated heterocycles. The molecule has 1 unspecified atom stereocenters. The first-order valence-corrected chi connectivity index (χ1v) is 12.1. The number of aromatic carboxylic acids is 1. The third-order valence-electron chi connectivity index (χ3n) is 6.06. The number of aromatic nitrogens is 2. The zero-order valence-corrected chi connectivity index (χ0v) is 20.6. The van der Waals surface area contributed by atoms with Gasteiger partial charge in [-0.25, -0.2) is 13.5 Å². The quantitative estimate of drug-likeness (QED) is 0.321. The monoisotopic (exact) mass is 508 g/mol. The predicted molar refractivity (Wildman–Crippen MR) is 137 cm³/mol. The highest BCUT2D eigenvalue weighted by molar-refractivity contribution is 7.97. The summed E-state index contributed by atoms with van der Waals surface area (Å²) in [6, 6.07) is 18.0. The molecule has 4 aromatic rings. The van der Waals surface area contributed by atoms with Gasteiger partial charge in [-0.2, -0.15) is 5.10 Å². The summed E-state index contributed by atoms with van der Waals surface area (Å²) in [5.41, 5.74) is 3.85. The minimum Gasteiger partial charge on any atom is -0.478 e. The van der Waals surface area contributed by atoms with E-state index in [9.17, 15) is 14.3 Å². The highest BCUT2D eigenvalue weighted by Crippen LogP contribution is 2.47. The minimum absolute atomic E-state index is 0.0352. The second-order valence-electron chi connectivity index (χ2n) is 8.35. The Morgan fingerprint density at radius 3 is 2.60 bits per heavy atom. The molecule has 1 aromatic heterocycles. The molecule has 1 N–H and O–H groups in total. The fourth-order valence-corrected chi connectivity index (χ4v) is 5.62. The maximum absolute atomic E-state index is 14.0. The van der Waals surface area contributed by atoms with E-state index < -0.39 is 11.8 Å². The third-order valence-corrected chi connectivity index (χ3v) is 7.44. The smallest absolute Gasteiger partial charge is 0.338 e. The van der Waals surface area contributed by atoms with Crippen LogP contribution in [-0.4, -0.2) is 38.8 Å². The van der Waals surface area contributed by atoms with E-state index in [0.29, 0.717) is 22.7 Å². The Hall–Kier alpha value is -3.33. The van der Waals surface area contributed by atoms with Crippen LogP contribution in [0.25, 0.3) is 11.1 Å². The molecule has 0 spiro atoms. The summed E-state index contributed by atoms with van der Waals surface area (Å²) in [6.07, 6.45) is 3.90. The normalized spacial score (nSPS) is 16.1. The number of halogens is 2. The van der Waals surface area contributed by atoms with Crippen LogP contribution in [0, 0.1) is 5.82 Å². The summed E-state index contributed by atoms with van der Waals surface area (Å²) < 4.78 is 18.0. The fourth-order valence-electron chi connectivity index (χ4n) is 4.29. The van der Waals surface area contributed by atoms with Gasteiger partial charge in [0.1, 0.15) is 5.82 Å². The molecule has 0 amide bonds. The van der Waals surface area contributed by atoms with Crippen molar-refractivity contribution in [2.24, 2.45) is 7.05 Å². The van der Waals surface area contributed by atoms with Gasteiger partial charge in [-0.3, -0.25) is 4.68 Å². The Morgan fingerprint density at radius 1 is 1.14 bits per heavy atom. The SMILES string of the molecule is CN1Sc2cc(-c3ccc(F)c(C(=O)O)c3)c(Cl)cc2N(c2ccccc2)CC1c1cnn(C)c1. The average molecular weight is 509 g/mol. The van der Waals surface area contributed by atoms with Gasteiger partial charge in [0.15, 0.2) is 0 Å². The lowest BCUT2D eigenvalue weighted by Crippen LogP contribution is -2.28. The Morgan fingerprint density at radius 2 is 1.91 bits per heavy atom. The summed E-state index contributed by atoms with van der Waals surface area (Å²) in [5, 5.41) is 14.2. The second kappa shape index (κ2) is 9.37. The molecule has 6 nitrogen and oxygen atoms in total. The zero-order chi connectivity index (χ0) is 24.7. The van der Waals surface area contributed by atoms with Gasteiger partial charge in [0.05, 0.1) is 28.5 Å². The number of nitrogens with zero attached hydrogens (tertiary/aromatic N) is 4. The Kier molecular flexibility index (Phi) is 6.27. The number of carboxylic acid groups (broad SMARTS) is 1. The maximum atomic E-state index is 14.0. The van der Waals surface area contributed by atoms with Gasteiger partial charge in [-0.1, -0.05) is 35.9 Å². The van der Waals surface area contributed by atoms with Crippen LogP contribution in [0.5, 0.6) is 0 Å². The van der Waals surface area contributed by atoms with Crippen molar-refractivity contribution >= 4 is 40.9 Å². The van der Waals surface area contributed by atoms with Crippen molar-refractivity contribution in [3.8, 4) is 11.1 Å². The van der Waals surface area contributed by atoms with E-state index in [1.807, 2.05) is 56.8 Å². The molecular weight excluding hydrogens is 487 g/mol. The van der Waals surface area contributed by atoms with E-state index in [4.69, 9.17) is 11.6 Å². The summed E-state index contributed by atoms with van der Waals surface area (Å²) in [4.78, 5) is 14.7. The molecule has 0 bridgehead atoms. The molecule has 35 heavy (non-hydrogen) atoms. The van der Waals surface area contributed by atoms with Crippen molar-refractivity contribution in [2.75, 3.05) is 18.5 Å². The maximum Gasteiger partial charge on any atom is 0.338 e. The standard InChI is InChI=1S/C26H22ClFN4O2S/c1-30-14-17(13-29-30)24-15-32(18-6-4-3-5-7-18)23-12-21(27)19(11-25(23)35-31(24)2)16-8-9-22(28)20(10-16)26(33)34/h3-14,24H,15H2,1-2H3,(H,33,34). The number of hydrogen-bond donors (Lipinski definition) is 1. The number of fused-ring (bicyclic) bond motifs is 1. The molecule has 1 atom stereocenters. The van der Waals surface area contributed by atoms with Crippen LogP contribution in [-0.2, 0) is 7.05 Å². The van der Waals surface area contributed by atoms with E-state index in [1.165, 1.54) is 6.07 Å². The topological polar surface area (TPSA) is 61.6 Å². The van der Waals surface area contributed by atoms with Gasteiger partial charge in [0, 0.05) is 41.5 Å². The number of carbonyl (C=O) groups is 1. The molecule has 3 aromatic carbocycles. The number of para-hydroxylation sites is 1. The summed E-state index contributed by atoms with van der Waals surface area (Å²) in [7, 11) is 3.94. The third kappa shape index (κ3) is 4.52. The van der Waals surface area contributed by atoms with Crippen molar-refractivity contribution in [2.45, 2.75) is 10.9 Å². The largest absolute Gasteiger partial charge is 0.478 e. The van der Waals surface area contributed by atoms with E-state index in [0.717, 1.165) is 27.9 Å². The molecule has 0 aliphatic carbocycles. The number of rotatable bonds is 4. The van der Waals surface area contributed by atoms with Crippen LogP contribution in [0.15, 0.2) is 78.0 Å². The Balaban J connectivity index is 1.65. The van der Waals surface area contributed by atoms with Gasteiger partial charge < -0.3 is 10.0 Å². The number of hydrogen-bond acceptors (Lipinski definition) is 5. The number of likely N-dealkylation sites (N-methyl/N-ethyl adjacent to an activating group) is 1. The number of carboxylic acids is 1. The molecule has 178 valence electrons. The first kappa shape index (κ1) is 23.4. The molecule has 0 radical (unpaired) electrons. The summed E-state index contributed by atoms with van der Waals surface area (Å²) in [5.74, 6) is -2.10. The first-order valence-electron chi connectivity index (χ1n) is 10.9. The van der Waals surface area contributed by atoms with E-state index in [1.54, 1.807) is 22.7 Å². The van der Waals surface area contributed by atoms with Crippen molar-refractivity contribution in [3.05, 3.63) is 95.0 Å². The summed E-state index contributed by atoms with van der Waals surface area (Å²) >= 11 is 8.34. The van der Waals surface area contributed by atoms with Crippen molar-refractivity contribution in [3.63, 3.8) is 0 Å². The Labute approximate surface area is 211 Å². The predicted octanol–water partition coefficient (Wildman–Crippen LogP) is 6.41. The van der Waals surface area contributed by atoms with Crippen LogP contribution < -0.4 is 4.90 Å². The van der Waals surface area contributed by atoms with Gasteiger partial charge in [0.25, 0.3) is 0 Å². The van der Waals surface area contributed by atoms with Crippen molar-refractivity contribution < 1.29 is 14.3 Å². The van der Waals surface area contributed by atoms with E-state index >= 15 is 0 Å². The van der Waals surface area contributed by atoms with Crippen LogP contribution in [0.4, 0.5) is 15.8 Å². The number of benzene rings is 3. The van der Waals surface area contributed by atoms with Gasteiger partial charge in [-0.05, 0) is 61.0 Å². The highest BCUT2D eigenvalue weighted by Gasteiger charge is 2.30. The lowest BCUT2D eigenvalue weighted by Gasteiger charge is -2.29. The van der Waals surface area contributed by atoms with Crippen LogP contribution >= 0.6 is 23.5 Å². The lowest BCUT2D eigenvalue weighted by atomic mass is 10.0. The second-order valence-corrected chi connectivity index (χ2v) is 9.95. The van der Waals surface area contributed by atoms with E-state index in [2.05, 4.69) is 26.4 Å². The van der Waals surface area contributed by atoms with Crippen LogP contribution in [0.2, 0.25) is 5.02 Å². The lowest BCUT2D eigenvalue weighted by molar-refractivity contribution is 0.0692. The molecule has 9 heteroatoms. The zero-order valence-electron chi connectivity index (χ0n) is 19.0. The fraction of sp³-hybridized carbons (Fsp3) is 0.154. The van der Waals surface area contributed by atoms with Gasteiger partial charge in [0.2, 0.25) is 0 Å². The molecular formula is C26H22ClFN4O2S. The van der Waals surface area contributed by atoms with Gasteiger partial charge in [-0.15, -0.1) is 0 Å². The molecule has 5 rings (SSSR count). The number of aryl methyl sites for hydroxylation is 1. The van der Waals surface area contributed by atoms with Crippen molar-refractivity contribution in [1.82, 2.24) is 14.1 Å². The first-order chi connectivity index (χ1) is 16.8. The number of anilines is 2. The Bertz CT molecular complexity index is 1410. The minimum atomic E-state index is -1.32. The molecule has 0 saturated carbocycles. The van der Waals surface area contributed by atoms with Crippen LogP contribution in [0.1, 0.15) is 22.0 Å². The molecule has 1 aliphatic heterocycles. The molecule has 2 heterocycles. The van der Waals surface area contributed by atoms with Crippen molar-refractivity contribution in [1.29, 1.82) is 0 Å². The molecule has 0 fully saturated rings. The average Bonchev–Trinajstić information content (AvgIpc) is 3.21. The van der Waals surface area contributed by atoms with Crippen LogP contribution in [0.3, 0.4) is 0 Å². The summed E-state index contributed by atoms with van der Waals surface area (Å²) in [6.45, 7) is 0.668. The van der Waals surface area contributed by atoms with E-state index in [-0.39, 0.29) is 11.6 Å². The van der Waals surface area contributed by atoms with Gasteiger partial charge >= 0.3 is 5.97 Å². The molecule has 1 aliphatic rings. The highest BCUT2D eigenvalue weighted by atomic mass is 35.5.